The molecule has 2 amide bonds. The Labute approximate surface area is 124 Å². The van der Waals surface area contributed by atoms with E-state index < -0.39 is 11.5 Å². The fraction of sp³-hybridized carbons (Fsp3) is 0.467. The maximum Gasteiger partial charge on any atom is 0.256 e. The van der Waals surface area contributed by atoms with Crippen LogP contribution in [0.15, 0.2) is 24.3 Å². The number of primary amides is 1. The van der Waals surface area contributed by atoms with E-state index in [1.807, 2.05) is 6.92 Å². The minimum Gasteiger partial charge on any atom is -0.484 e. The minimum atomic E-state index is -0.851. The summed E-state index contributed by atoms with van der Waals surface area (Å²) in [6.45, 7) is 3.58. The van der Waals surface area contributed by atoms with Gasteiger partial charge >= 0.3 is 0 Å². The van der Waals surface area contributed by atoms with Crippen molar-refractivity contribution < 1.29 is 19.1 Å². The van der Waals surface area contributed by atoms with Crippen LogP contribution in [0.4, 0.5) is 5.69 Å². The number of carbonyl (C=O) groups is 2. The largest absolute Gasteiger partial charge is 0.484 e. The van der Waals surface area contributed by atoms with Crippen molar-refractivity contribution in [3.8, 4) is 5.75 Å². The summed E-state index contributed by atoms with van der Waals surface area (Å²) in [7, 11) is 1.52. The third-order valence-electron chi connectivity index (χ3n) is 3.15. The van der Waals surface area contributed by atoms with Crippen molar-refractivity contribution in [2.24, 2.45) is 5.73 Å². The Morgan fingerprint density at radius 3 is 2.38 bits per heavy atom. The molecule has 1 atom stereocenters. The molecule has 1 aromatic rings. The van der Waals surface area contributed by atoms with E-state index in [2.05, 4.69) is 5.32 Å². The first kappa shape index (κ1) is 17.0. The molecule has 1 unspecified atom stereocenters. The molecule has 0 heterocycles. The van der Waals surface area contributed by atoms with Gasteiger partial charge in [-0.05, 0) is 37.6 Å². The average Bonchev–Trinajstić information content (AvgIpc) is 2.46. The molecule has 0 aromatic heterocycles. The van der Waals surface area contributed by atoms with E-state index in [-0.39, 0.29) is 12.5 Å². The van der Waals surface area contributed by atoms with Gasteiger partial charge in [-0.2, -0.15) is 0 Å². The molecule has 6 heteroatoms. The first-order chi connectivity index (χ1) is 9.91. The summed E-state index contributed by atoms with van der Waals surface area (Å²) in [6, 6.07) is 6.69. The van der Waals surface area contributed by atoms with Crippen LogP contribution in [0.2, 0.25) is 0 Å². The fourth-order valence-corrected chi connectivity index (χ4v) is 1.84. The smallest absolute Gasteiger partial charge is 0.256 e. The van der Waals surface area contributed by atoms with Gasteiger partial charge in [-0.1, -0.05) is 13.3 Å². The predicted octanol–water partition coefficient (Wildman–Crippen LogP) is 1.69. The summed E-state index contributed by atoms with van der Waals surface area (Å²) >= 11 is 0. The Bertz CT molecular complexity index is 487. The van der Waals surface area contributed by atoms with Crippen molar-refractivity contribution in [2.75, 3.05) is 19.0 Å². The van der Waals surface area contributed by atoms with Crippen LogP contribution in [0, 0.1) is 0 Å². The quantitative estimate of drug-likeness (QED) is 0.763. The van der Waals surface area contributed by atoms with Crippen LogP contribution in [-0.4, -0.2) is 31.1 Å². The van der Waals surface area contributed by atoms with Crippen molar-refractivity contribution in [2.45, 2.75) is 32.3 Å². The van der Waals surface area contributed by atoms with E-state index in [1.165, 1.54) is 7.11 Å². The number of anilines is 1. The number of nitrogens with two attached hydrogens (primary N) is 1. The summed E-state index contributed by atoms with van der Waals surface area (Å²) in [4.78, 5) is 22.8. The molecule has 1 rings (SSSR count). The van der Waals surface area contributed by atoms with E-state index in [9.17, 15) is 9.59 Å². The first-order valence-electron chi connectivity index (χ1n) is 6.79. The monoisotopic (exact) mass is 294 g/mol. The number of carbonyl (C=O) groups excluding carboxylic acids is 2. The number of amides is 2. The second kappa shape index (κ2) is 7.64. The molecule has 0 aliphatic carbocycles. The van der Waals surface area contributed by atoms with Crippen LogP contribution in [0.5, 0.6) is 5.75 Å². The minimum absolute atomic E-state index is 0.177. The number of nitrogens with one attached hydrogen (secondary N) is 1. The molecular formula is C15H22N2O4. The van der Waals surface area contributed by atoms with Gasteiger partial charge in [0.05, 0.1) is 0 Å². The van der Waals surface area contributed by atoms with E-state index in [4.69, 9.17) is 15.2 Å². The highest BCUT2D eigenvalue weighted by molar-refractivity contribution is 5.97. The second-order valence-corrected chi connectivity index (χ2v) is 4.92. The van der Waals surface area contributed by atoms with Gasteiger partial charge in [0.1, 0.15) is 11.4 Å². The first-order valence-corrected chi connectivity index (χ1v) is 6.79. The summed E-state index contributed by atoms with van der Waals surface area (Å²) in [6.07, 6.45) is 1.48. The molecule has 0 aliphatic heterocycles. The van der Waals surface area contributed by atoms with Gasteiger partial charge in [-0.15, -0.1) is 0 Å². The highest BCUT2D eigenvalue weighted by atomic mass is 16.5. The lowest BCUT2D eigenvalue weighted by Crippen LogP contribution is -2.41. The fourth-order valence-electron chi connectivity index (χ4n) is 1.84. The Morgan fingerprint density at radius 2 is 1.90 bits per heavy atom. The van der Waals surface area contributed by atoms with Gasteiger partial charge in [0, 0.05) is 12.8 Å². The molecule has 6 nitrogen and oxygen atoms in total. The van der Waals surface area contributed by atoms with Gasteiger partial charge in [-0.3, -0.25) is 9.59 Å². The maximum atomic E-state index is 12.2. The molecule has 0 aliphatic rings. The van der Waals surface area contributed by atoms with E-state index in [0.29, 0.717) is 17.9 Å². The van der Waals surface area contributed by atoms with Crippen LogP contribution in [0.3, 0.4) is 0 Å². The van der Waals surface area contributed by atoms with Gasteiger partial charge in [0.2, 0.25) is 0 Å². The highest BCUT2D eigenvalue weighted by Gasteiger charge is 2.31. The van der Waals surface area contributed by atoms with Crippen LogP contribution in [0.1, 0.15) is 26.7 Å². The van der Waals surface area contributed by atoms with Crippen molar-refractivity contribution in [3.63, 3.8) is 0 Å². The van der Waals surface area contributed by atoms with Crippen LogP contribution >= 0.6 is 0 Å². The molecule has 0 spiro atoms. The van der Waals surface area contributed by atoms with Gasteiger partial charge in [0.15, 0.2) is 6.61 Å². The molecular weight excluding hydrogens is 272 g/mol. The standard InChI is InChI=1S/C15H22N2O4/c1-4-9-15(2,20-3)14(19)17-11-5-7-12(8-6-11)21-10-13(16)18/h5-8H,4,9-10H2,1-3H3,(H2,16,18)(H,17,19). The van der Waals surface area contributed by atoms with Gasteiger partial charge in [-0.25, -0.2) is 0 Å². The third kappa shape index (κ3) is 5.07. The van der Waals surface area contributed by atoms with E-state index in [0.717, 1.165) is 6.42 Å². The molecule has 0 bridgehead atoms. The molecule has 0 saturated heterocycles. The van der Waals surface area contributed by atoms with Crippen molar-refractivity contribution >= 4 is 17.5 Å². The second-order valence-electron chi connectivity index (χ2n) is 4.92. The number of benzene rings is 1. The van der Waals surface area contributed by atoms with Crippen molar-refractivity contribution in [3.05, 3.63) is 24.3 Å². The lowest BCUT2D eigenvalue weighted by atomic mass is 9.99. The Hall–Kier alpha value is -2.08. The normalized spacial score (nSPS) is 13.3. The molecule has 0 radical (unpaired) electrons. The maximum absolute atomic E-state index is 12.2. The van der Waals surface area contributed by atoms with Crippen LogP contribution in [0.25, 0.3) is 0 Å². The Kier molecular flexibility index (Phi) is 6.17. The predicted molar refractivity (Wildman–Crippen MR) is 80.1 cm³/mol. The van der Waals surface area contributed by atoms with Crippen molar-refractivity contribution in [1.82, 2.24) is 0 Å². The lowest BCUT2D eigenvalue weighted by molar-refractivity contribution is -0.136. The zero-order valence-corrected chi connectivity index (χ0v) is 12.6. The number of ether oxygens (including phenoxy) is 2. The summed E-state index contributed by atoms with van der Waals surface area (Å²) in [5.74, 6) is -0.227. The zero-order valence-electron chi connectivity index (χ0n) is 12.6. The Morgan fingerprint density at radius 1 is 1.29 bits per heavy atom. The summed E-state index contributed by atoms with van der Waals surface area (Å²) < 4.78 is 10.5. The van der Waals surface area contributed by atoms with Gasteiger partial charge in [0.25, 0.3) is 11.8 Å². The number of hydrogen-bond donors (Lipinski definition) is 2. The molecule has 116 valence electrons. The zero-order chi connectivity index (χ0) is 15.9. The lowest BCUT2D eigenvalue weighted by Gasteiger charge is -2.26. The highest BCUT2D eigenvalue weighted by Crippen LogP contribution is 2.21. The SMILES string of the molecule is CCCC(C)(OC)C(=O)Nc1ccc(OCC(N)=O)cc1. The van der Waals surface area contributed by atoms with Gasteiger partial charge < -0.3 is 20.5 Å². The molecule has 3 N–H and O–H groups in total. The van der Waals surface area contributed by atoms with E-state index in [1.54, 1.807) is 31.2 Å². The number of rotatable bonds is 8. The van der Waals surface area contributed by atoms with Crippen molar-refractivity contribution in [1.29, 1.82) is 0 Å². The number of hydrogen-bond acceptors (Lipinski definition) is 4. The summed E-state index contributed by atoms with van der Waals surface area (Å²) in [5, 5.41) is 2.80. The summed E-state index contributed by atoms with van der Waals surface area (Å²) in [5.41, 5.74) is 4.77. The topological polar surface area (TPSA) is 90.7 Å². The van der Waals surface area contributed by atoms with E-state index >= 15 is 0 Å². The number of methoxy groups -OCH3 is 1. The molecule has 0 fully saturated rings. The van der Waals surface area contributed by atoms with Crippen LogP contribution in [-0.2, 0) is 14.3 Å². The molecule has 21 heavy (non-hydrogen) atoms. The molecule has 0 saturated carbocycles. The molecule has 1 aromatic carbocycles. The Balaban J connectivity index is 2.66. The third-order valence-corrected chi connectivity index (χ3v) is 3.15. The average molecular weight is 294 g/mol. The van der Waals surface area contributed by atoms with Crippen LogP contribution < -0.4 is 15.8 Å².